The van der Waals surface area contributed by atoms with Crippen molar-refractivity contribution in [2.45, 2.75) is 59.4 Å². The predicted octanol–water partition coefficient (Wildman–Crippen LogP) is 3.41. The maximum atomic E-state index is 13.3. The molecule has 0 aliphatic rings. The number of aryl methyl sites for hydroxylation is 1. The molecule has 0 aliphatic carbocycles. The van der Waals surface area contributed by atoms with Gasteiger partial charge in [0.1, 0.15) is 5.82 Å². The Hall–Kier alpha value is -3.29. The fraction of sp³-hybridized carbons (Fsp3) is 0.458. The highest BCUT2D eigenvalue weighted by molar-refractivity contribution is 5.96. The van der Waals surface area contributed by atoms with Crippen molar-refractivity contribution in [3.8, 4) is 0 Å². The topological polar surface area (TPSA) is 117 Å². The van der Waals surface area contributed by atoms with Gasteiger partial charge in [-0.25, -0.2) is 4.79 Å². The van der Waals surface area contributed by atoms with Crippen molar-refractivity contribution in [2.75, 3.05) is 17.2 Å². The number of rotatable bonds is 10. The summed E-state index contributed by atoms with van der Waals surface area (Å²) in [6, 6.07) is 7.95. The van der Waals surface area contributed by atoms with E-state index in [2.05, 4.69) is 23.8 Å². The first kappa shape index (κ1) is 23.4. The maximum absolute atomic E-state index is 13.3. The van der Waals surface area contributed by atoms with Crippen molar-refractivity contribution in [2.24, 2.45) is 5.92 Å². The van der Waals surface area contributed by atoms with E-state index in [0.717, 1.165) is 29.3 Å². The van der Waals surface area contributed by atoms with Crippen molar-refractivity contribution in [3.63, 3.8) is 0 Å². The van der Waals surface area contributed by atoms with Crippen LogP contribution in [0.1, 0.15) is 52.0 Å². The van der Waals surface area contributed by atoms with Gasteiger partial charge in [0, 0.05) is 36.6 Å². The van der Waals surface area contributed by atoms with Gasteiger partial charge in [0.15, 0.2) is 5.69 Å². The van der Waals surface area contributed by atoms with Crippen LogP contribution < -0.4 is 21.9 Å². The summed E-state index contributed by atoms with van der Waals surface area (Å²) < 4.78 is 1.36. The molecular formula is C24H33N5O3. The number of unbranched alkanes of at least 4 members (excludes halogenated alkanes) is 1. The number of H-pyrrole nitrogens is 2. The number of aromatic amines is 2. The van der Waals surface area contributed by atoms with Crippen molar-refractivity contribution >= 4 is 28.3 Å². The lowest BCUT2D eigenvalue weighted by molar-refractivity contribution is -0.118. The Kier molecular flexibility index (Phi) is 7.56. The molecule has 0 atom stereocenters. The molecule has 0 spiro atoms. The first-order valence-electron chi connectivity index (χ1n) is 11.3. The normalized spacial score (nSPS) is 11.4. The van der Waals surface area contributed by atoms with Gasteiger partial charge < -0.3 is 15.6 Å². The molecule has 2 heterocycles. The predicted molar refractivity (Wildman–Crippen MR) is 129 cm³/mol. The van der Waals surface area contributed by atoms with E-state index < -0.39 is 11.2 Å². The molecule has 0 fully saturated rings. The average molecular weight is 440 g/mol. The fourth-order valence-electron chi connectivity index (χ4n) is 3.84. The third-order valence-corrected chi connectivity index (χ3v) is 5.73. The summed E-state index contributed by atoms with van der Waals surface area (Å²) in [6.45, 7) is 6.89. The van der Waals surface area contributed by atoms with Crippen LogP contribution in [-0.4, -0.2) is 27.0 Å². The number of fused-ring (bicyclic) bond motifs is 1. The Morgan fingerprint density at radius 2 is 1.97 bits per heavy atom. The third-order valence-electron chi connectivity index (χ3n) is 5.73. The minimum atomic E-state index is -0.621. The summed E-state index contributed by atoms with van der Waals surface area (Å²) >= 11 is 0. The largest absolute Gasteiger partial charge is 0.383 e. The van der Waals surface area contributed by atoms with Crippen molar-refractivity contribution in [3.05, 3.63) is 56.9 Å². The molecule has 32 heavy (non-hydrogen) atoms. The Bertz CT molecular complexity index is 1190. The highest BCUT2D eigenvalue weighted by Gasteiger charge is 2.24. The van der Waals surface area contributed by atoms with Gasteiger partial charge in [-0.2, -0.15) is 0 Å². The fourth-order valence-corrected chi connectivity index (χ4v) is 3.84. The van der Waals surface area contributed by atoms with Crippen molar-refractivity contribution < 1.29 is 4.79 Å². The SMILES string of the molecule is CCCCn1c(N)c(N(CCC(C)C)C(=O)CCc2c[nH]c3ccccc23)c(=O)[nH]c1=O. The van der Waals surface area contributed by atoms with E-state index in [1.807, 2.05) is 37.4 Å². The summed E-state index contributed by atoms with van der Waals surface area (Å²) in [7, 11) is 0. The number of amides is 1. The Morgan fingerprint density at radius 3 is 2.69 bits per heavy atom. The number of nitrogen functional groups attached to an aromatic ring is 1. The van der Waals surface area contributed by atoms with Gasteiger partial charge in [-0.1, -0.05) is 45.4 Å². The number of benzene rings is 1. The Balaban J connectivity index is 1.91. The molecule has 0 radical (unpaired) electrons. The standard InChI is InChI=1S/C24H33N5O3/c1-4-5-13-29-22(25)21(23(31)27-24(29)32)28(14-12-16(2)3)20(30)11-10-17-15-26-19-9-7-6-8-18(17)19/h6-9,15-16,26H,4-5,10-14,25H2,1-3H3,(H,27,31,32). The number of carbonyl (C=O) groups excluding carboxylic acids is 1. The van der Waals surface area contributed by atoms with E-state index in [1.165, 1.54) is 9.47 Å². The second-order valence-corrected chi connectivity index (χ2v) is 8.59. The van der Waals surface area contributed by atoms with Crippen LogP contribution in [0.15, 0.2) is 40.1 Å². The Labute approximate surface area is 187 Å². The molecule has 0 saturated carbocycles. The van der Waals surface area contributed by atoms with Gasteiger partial charge in [0.2, 0.25) is 5.91 Å². The molecule has 8 nitrogen and oxygen atoms in total. The zero-order valence-corrected chi connectivity index (χ0v) is 19.1. The van der Waals surface area contributed by atoms with E-state index in [0.29, 0.717) is 31.8 Å². The molecular weight excluding hydrogens is 406 g/mol. The van der Waals surface area contributed by atoms with Crippen LogP contribution >= 0.6 is 0 Å². The number of nitrogens with one attached hydrogen (secondary N) is 2. The molecule has 0 bridgehead atoms. The number of nitrogens with zero attached hydrogens (tertiary/aromatic N) is 2. The third kappa shape index (κ3) is 5.12. The zero-order valence-electron chi connectivity index (χ0n) is 19.1. The van der Waals surface area contributed by atoms with Gasteiger partial charge in [-0.05, 0) is 36.8 Å². The maximum Gasteiger partial charge on any atom is 0.330 e. The van der Waals surface area contributed by atoms with Gasteiger partial charge in [-0.15, -0.1) is 0 Å². The van der Waals surface area contributed by atoms with Crippen LogP contribution in [0.2, 0.25) is 0 Å². The summed E-state index contributed by atoms with van der Waals surface area (Å²) in [5, 5.41) is 1.08. The number of para-hydroxylation sites is 1. The molecule has 8 heteroatoms. The summed E-state index contributed by atoms with van der Waals surface area (Å²) in [5.41, 5.74) is 7.26. The van der Waals surface area contributed by atoms with Gasteiger partial charge >= 0.3 is 5.69 Å². The van der Waals surface area contributed by atoms with E-state index >= 15 is 0 Å². The number of aromatic nitrogens is 3. The lowest BCUT2D eigenvalue weighted by atomic mass is 10.1. The summed E-state index contributed by atoms with van der Waals surface area (Å²) in [5.74, 6) is 0.204. The first-order valence-corrected chi connectivity index (χ1v) is 11.3. The van der Waals surface area contributed by atoms with E-state index in [4.69, 9.17) is 5.73 Å². The molecule has 0 saturated heterocycles. The minimum absolute atomic E-state index is 0.0522. The smallest absolute Gasteiger partial charge is 0.330 e. The second kappa shape index (κ2) is 10.3. The first-order chi connectivity index (χ1) is 15.3. The van der Waals surface area contributed by atoms with Crippen LogP contribution in [0.25, 0.3) is 10.9 Å². The number of hydrogen-bond donors (Lipinski definition) is 3. The number of carbonyl (C=O) groups is 1. The van der Waals surface area contributed by atoms with Gasteiger partial charge in [0.25, 0.3) is 5.56 Å². The van der Waals surface area contributed by atoms with Crippen molar-refractivity contribution in [1.29, 1.82) is 0 Å². The van der Waals surface area contributed by atoms with Crippen LogP contribution in [0.5, 0.6) is 0 Å². The lowest BCUT2D eigenvalue weighted by Gasteiger charge is -2.25. The van der Waals surface area contributed by atoms with Crippen LogP contribution in [0.3, 0.4) is 0 Å². The van der Waals surface area contributed by atoms with E-state index in [9.17, 15) is 14.4 Å². The quantitative estimate of drug-likeness (QED) is 0.449. The molecule has 0 unspecified atom stereocenters. The molecule has 4 N–H and O–H groups in total. The zero-order chi connectivity index (χ0) is 23.3. The minimum Gasteiger partial charge on any atom is -0.383 e. The molecule has 2 aromatic heterocycles. The van der Waals surface area contributed by atoms with Crippen molar-refractivity contribution in [1.82, 2.24) is 14.5 Å². The van der Waals surface area contributed by atoms with Crippen LogP contribution in [0.4, 0.5) is 11.5 Å². The molecule has 0 aliphatic heterocycles. The van der Waals surface area contributed by atoms with E-state index in [-0.39, 0.29) is 23.8 Å². The molecule has 1 amide bonds. The van der Waals surface area contributed by atoms with Gasteiger partial charge in [-0.3, -0.25) is 19.1 Å². The van der Waals surface area contributed by atoms with E-state index in [1.54, 1.807) is 0 Å². The second-order valence-electron chi connectivity index (χ2n) is 8.59. The summed E-state index contributed by atoms with van der Waals surface area (Å²) in [4.78, 5) is 45.4. The lowest BCUT2D eigenvalue weighted by Crippen LogP contribution is -2.42. The average Bonchev–Trinajstić information content (AvgIpc) is 3.17. The number of anilines is 2. The molecule has 172 valence electrons. The molecule has 3 rings (SSSR count). The molecule has 1 aromatic carbocycles. The number of hydrogen-bond acceptors (Lipinski definition) is 4. The Morgan fingerprint density at radius 1 is 1.22 bits per heavy atom. The number of nitrogens with two attached hydrogens (primary N) is 1. The molecule has 3 aromatic rings. The van der Waals surface area contributed by atoms with Gasteiger partial charge in [0.05, 0.1) is 0 Å². The highest BCUT2D eigenvalue weighted by Crippen LogP contribution is 2.22. The van der Waals surface area contributed by atoms with Crippen LogP contribution in [0, 0.1) is 5.92 Å². The van der Waals surface area contributed by atoms with Crippen LogP contribution in [-0.2, 0) is 17.8 Å². The summed E-state index contributed by atoms with van der Waals surface area (Å²) in [6.07, 6.45) is 5.02. The highest BCUT2D eigenvalue weighted by atomic mass is 16.2. The monoisotopic (exact) mass is 439 g/mol.